The fraction of sp³-hybridized carbons (Fsp3) is 0.250. The molecule has 0 saturated heterocycles. The van der Waals surface area contributed by atoms with Gasteiger partial charge in [0.15, 0.2) is 16.3 Å². The molecule has 1 aromatic carbocycles. The lowest BCUT2D eigenvalue weighted by atomic mass is 10.2. The zero-order valence-electron chi connectivity index (χ0n) is 16.5. The Hall–Kier alpha value is -4.01. The van der Waals surface area contributed by atoms with Crippen LogP contribution in [0, 0.1) is 20.2 Å². The Labute approximate surface area is 176 Å². The van der Waals surface area contributed by atoms with Crippen molar-refractivity contribution in [2.75, 3.05) is 11.2 Å². The largest absolute Gasteiger partial charge is 0.329 e. The molecule has 2 heterocycles. The van der Waals surface area contributed by atoms with Crippen molar-refractivity contribution in [1.29, 1.82) is 0 Å². The first-order valence-corrected chi connectivity index (χ1v) is 9.59. The zero-order chi connectivity index (χ0) is 22.9. The number of non-ortho nitro benzene ring substituents is 1. The Kier molecular flexibility index (Phi) is 5.87. The molecule has 14 nitrogen and oxygen atoms in total. The van der Waals surface area contributed by atoms with E-state index in [1.54, 1.807) is 18.5 Å². The maximum absolute atomic E-state index is 12.3. The summed E-state index contributed by atoms with van der Waals surface area (Å²) in [5, 5.41) is 26.5. The molecule has 3 rings (SSSR count). The smallest absolute Gasteiger partial charge is 0.316 e. The molecule has 0 fully saturated rings. The molecule has 162 valence electrons. The van der Waals surface area contributed by atoms with Crippen molar-refractivity contribution < 1.29 is 9.85 Å². The molecule has 0 aliphatic rings. The number of aryl methyl sites for hydroxylation is 1. The lowest BCUT2D eigenvalue weighted by Crippen LogP contribution is -2.33. The van der Waals surface area contributed by atoms with Gasteiger partial charge in [0, 0.05) is 31.6 Å². The van der Waals surface area contributed by atoms with Crippen LogP contribution in [0.3, 0.4) is 0 Å². The van der Waals surface area contributed by atoms with Crippen molar-refractivity contribution in [3.05, 3.63) is 59.3 Å². The first-order valence-electron chi connectivity index (χ1n) is 8.60. The summed E-state index contributed by atoms with van der Waals surface area (Å²) in [6.45, 7) is 1.67. The Balaban J connectivity index is 1.78. The minimum absolute atomic E-state index is 0.00347. The van der Waals surface area contributed by atoms with Gasteiger partial charge in [0.25, 0.3) is 11.2 Å². The minimum Gasteiger partial charge on any atom is -0.316 e. The number of hydrazone groups is 1. The number of imidazole rings is 1. The Morgan fingerprint density at radius 3 is 2.58 bits per heavy atom. The standard InChI is InChI=1S/C16H16N8O6S/c1-8(19-20-10-5-4-9(23(27)28)6-11(10)24(29)30)7-31-16-18-13-12(21(16)2)14(25)22(3)15(26)17-13/h4-6,20H,7H2,1-3H3,(H,17,26)/b19-8-. The van der Waals surface area contributed by atoms with E-state index >= 15 is 0 Å². The van der Waals surface area contributed by atoms with Gasteiger partial charge in [-0.1, -0.05) is 11.8 Å². The Morgan fingerprint density at radius 1 is 1.23 bits per heavy atom. The summed E-state index contributed by atoms with van der Waals surface area (Å²) in [5.74, 6) is 0.315. The summed E-state index contributed by atoms with van der Waals surface area (Å²) in [4.78, 5) is 51.3. The van der Waals surface area contributed by atoms with E-state index in [4.69, 9.17) is 0 Å². The Morgan fingerprint density at radius 2 is 1.94 bits per heavy atom. The minimum atomic E-state index is -0.740. The summed E-state index contributed by atoms with van der Waals surface area (Å²) in [6.07, 6.45) is 0. The molecular formula is C16H16N8O6S. The predicted molar refractivity (Wildman–Crippen MR) is 114 cm³/mol. The molecule has 2 aromatic heterocycles. The fourth-order valence-electron chi connectivity index (χ4n) is 2.61. The van der Waals surface area contributed by atoms with Crippen molar-refractivity contribution >= 4 is 45.7 Å². The van der Waals surface area contributed by atoms with Gasteiger partial charge in [-0.3, -0.25) is 40.0 Å². The SMILES string of the molecule is C/C(CSc1nc2[nH]c(=O)n(C)c(=O)c2n1C)=N/Nc1ccc([N+](=O)[O-])cc1[N+](=O)[O-]. The van der Waals surface area contributed by atoms with Crippen LogP contribution in [-0.2, 0) is 14.1 Å². The Bertz CT molecular complexity index is 1350. The molecule has 0 aliphatic carbocycles. The average Bonchev–Trinajstić information content (AvgIpc) is 3.03. The third kappa shape index (κ3) is 4.30. The molecule has 0 unspecified atom stereocenters. The summed E-state index contributed by atoms with van der Waals surface area (Å²) < 4.78 is 2.51. The summed E-state index contributed by atoms with van der Waals surface area (Å²) >= 11 is 1.24. The van der Waals surface area contributed by atoms with Crippen LogP contribution < -0.4 is 16.7 Å². The molecule has 0 amide bonds. The molecule has 15 heteroatoms. The van der Waals surface area contributed by atoms with E-state index in [0.717, 1.165) is 16.7 Å². The van der Waals surface area contributed by atoms with Crippen LogP contribution in [0.2, 0.25) is 0 Å². The number of thioether (sulfide) groups is 1. The number of hydrogen-bond acceptors (Lipinski definition) is 10. The van der Waals surface area contributed by atoms with Gasteiger partial charge in [-0.15, -0.1) is 0 Å². The fourth-order valence-corrected chi connectivity index (χ4v) is 3.45. The normalized spacial score (nSPS) is 11.6. The first-order chi connectivity index (χ1) is 14.6. The number of rotatable bonds is 7. The van der Waals surface area contributed by atoms with Gasteiger partial charge >= 0.3 is 11.4 Å². The monoisotopic (exact) mass is 448 g/mol. The number of nitro benzene ring substituents is 2. The third-order valence-corrected chi connectivity index (χ3v) is 5.44. The lowest BCUT2D eigenvalue weighted by Gasteiger charge is -2.05. The highest BCUT2D eigenvalue weighted by Gasteiger charge is 2.19. The molecular weight excluding hydrogens is 432 g/mol. The van der Waals surface area contributed by atoms with Crippen molar-refractivity contribution in [1.82, 2.24) is 19.1 Å². The zero-order valence-corrected chi connectivity index (χ0v) is 17.3. The third-order valence-electron chi connectivity index (χ3n) is 4.26. The van der Waals surface area contributed by atoms with E-state index in [1.807, 2.05) is 0 Å². The van der Waals surface area contributed by atoms with Crippen LogP contribution >= 0.6 is 11.8 Å². The first kappa shape index (κ1) is 21.7. The number of H-pyrrole nitrogens is 1. The van der Waals surface area contributed by atoms with E-state index in [1.165, 1.54) is 24.9 Å². The number of nitro groups is 2. The van der Waals surface area contributed by atoms with Gasteiger partial charge < -0.3 is 4.57 Å². The lowest BCUT2D eigenvalue weighted by molar-refractivity contribution is -0.393. The van der Waals surface area contributed by atoms with E-state index < -0.39 is 32.5 Å². The molecule has 3 aromatic rings. The van der Waals surface area contributed by atoms with E-state index in [0.29, 0.717) is 16.6 Å². The van der Waals surface area contributed by atoms with Crippen LogP contribution in [-0.4, -0.2) is 40.4 Å². The van der Waals surface area contributed by atoms with Crippen LogP contribution in [0.1, 0.15) is 6.92 Å². The van der Waals surface area contributed by atoms with Gasteiger partial charge in [0.1, 0.15) is 5.69 Å². The number of nitrogens with zero attached hydrogens (tertiary/aromatic N) is 6. The maximum atomic E-state index is 12.3. The van der Waals surface area contributed by atoms with E-state index in [9.17, 15) is 29.8 Å². The maximum Gasteiger partial charge on any atom is 0.329 e. The quantitative estimate of drug-likeness (QED) is 0.233. The van der Waals surface area contributed by atoms with Crippen LogP contribution in [0.15, 0.2) is 38.0 Å². The molecule has 0 bridgehead atoms. The van der Waals surface area contributed by atoms with Gasteiger partial charge in [0.05, 0.1) is 15.9 Å². The molecule has 0 atom stereocenters. The highest BCUT2D eigenvalue weighted by Crippen LogP contribution is 2.29. The van der Waals surface area contributed by atoms with Gasteiger partial charge in [-0.05, 0) is 13.0 Å². The molecule has 2 N–H and O–H groups in total. The molecule has 0 radical (unpaired) electrons. The predicted octanol–water partition coefficient (Wildman–Crippen LogP) is 1.36. The summed E-state index contributed by atoms with van der Waals surface area (Å²) in [6, 6.07) is 3.19. The number of hydrogen-bond donors (Lipinski definition) is 2. The number of nitrogens with one attached hydrogen (secondary N) is 2. The van der Waals surface area contributed by atoms with Crippen LogP contribution in [0.25, 0.3) is 11.2 Å². The second-order valence-electron chi connectivity index (χ2n) is 6.41. The molecule has 31 heavy (non-hydrogen) atoms. The van der Waals surface area contributed by atoms with Crippen LogP contribution in [0.5, 0.6) is 0 Å². The second-order valence-corrected chi connectivity index (χ2v) is 7.35. The van der Waals surface area contributed by atoms with Crippen molar-refractivity contribution in [2.24, 2.45) is 19.2 Å². The average molecular weight is 448 g/mol. The highest BCUT2D eigenvalue weighted by molar-refractivity contribution is 7.99. The molecule has 0 saturated carbocycles. The number of aromatic amines is 1. The number of benzene rings is 1. The number of anilines is 1. The molecule has 0 aliphatic heterocycles. The van der Waals surface area contributed by atoms with E-state index in [2.05, 4.69) is 20.5 Å². The number of aromatic nitrogens is 4. The van der Waals surface area contributed by atoms with Crippen molar-refractivity contribution in [2.45, 2.75) is 12.1 Å². The van der Waals surface area contributed by atoms with Gasteiger partial charge in [-0.25, -0.2) is 9.78 Å². The van der Waals surface area contributed by atoms with Crippen LogP contribution in [0.4, 0.5) is 17.1 Å². The highest BCUT2D eigenvalue weighted by atomic mass is 32.2. The van der Waals surface area contributed by atoms with Gasteiger partial charge in [0.2, 0.25) is 0 Å². The van der Waals surface area contributed by atoms with E-state index in [-0.39, 0.29) is 16.9 Å². The van der Waals surface area contributed by atoms with Crippen molar-refractivity contribution in [3.8, 4) is 0 Å². The van der Waals surface area contributed by atoms with Crippen molar-refractivity contribution in [3.63, 3.8) is 0 Å². The summed E-state index contributed by atoms with van der Waals surface area (Å²) in [5.41, 5.74) is 1.58. The number of fused-ring (bicyclic) bond motifs is 1. The summed E-state index contributed by atoms with van der Waals surface area (Å²) in [7, 11) is 3.00. The second kappa shape index (κ2) is 8.39. The topological polar surface area (TPSA) is 183 Å². The molecule has 0 spiro atoms. The van der Waals surface area contributed by atoms with Gasteiger partial charge in [-0.2, -0.15) is 5.10 Å².